The van der Waals surface area contributed by atoms with Gasteiger partial charge in [-0.05, 0) is 49.6 Å². The molecule has 0 unspecified atom stereocenters. The van der Waals surface area contributed by atoms with E-state index in [1.165, 1.54) is 12.1 Å². The number of rotatable bonds is 7. The lowest BCUT2D eigenvalue weighted by molar-refractivity contribution is -0.137. The zero-order valence-electron chi connectivity index (χ0n) is 18.4. The summed E-state index contributed by atoms with van der Waals surface area (Å²) in [6.07, 6.45) is -3.94. The molecule has 0 radical (unpaired) electrons. The molecule has 2 amide bonds. The van der Waals surface area contributed by atoms with E-state index in [4.69, 9.17) is 9.47 Å². The molecule has 1 aromatic heterocycles. The van der Waals surface area contributed by atoms with Crippen molar-refractivity contribution in [2.24, 2.45) is 0 Å². The predicted molar refractivity (Wildman–Crippen MR) is 121 cm³/mol. The SMILES string of the molecule is COc1ccc(CCCOC(=O)NNC(=O)c2sc(-c3ccc(C(F)(F)F)cc3)nc2C)cc1. The van der Waals surface area contributed by atoms with Crippen LogP contribution in [-0.4, -0.2) is 30.7 Å². The van der Waals surface area contributed by atoms with E-state index in [0.717, 1.165) is 34.8 Å². The Morgan fingerprint density at radius 1 is 1.03 bits per heavy atom. The summed E-state index contributed by atoms with van der Waals surface area (Å²) in [5, 5.41) is 0.387. The highest BCUT2D eigenvalue weighted by Gasteiger charge is 2.30. The fourth-order valence-electron chi connectivity index (χ4n) is 2.97. The maximum Gasteiger partial charge on any atom is 0.426 e. The number of hydrazine groups is 1. The van der Waals surface area contributed by atoms with Crippen molar-refractivity contribution in [3.05, 3.63) is 70.2 Å². The van der Waals surface area contributed by atoms with Crippen LogP contribution in [-0.2, 0) is 17.3 Å². The first kappa shape index (κ1) is 25.0. The van der Waals surface area contributed by atoms with Crippen molar-refractivity contribution in [2.45, 2.75) is 25.9 Å². The van der Waals surface area contributed by atoms with Gasteiger partial charge < -0.3 is 9.47 Å². The zero-order valence-corrected chi connectivity index (χ0v) is 19.2. The first-order valence-electron chi connectivity index (χ1n) is 10.2. The van der Waals surface area contributed by atoms with Gasteiger partial charge in [0.15, 0.2) is 0 Å². The third-order valence-corrected chi connectivity index (χ3v) is 5.95. The average molecular weight is 494 g/mol. The number of amides is 2. The number of nitrogens with one attached hydrogen (secondary N) is 2. The number of nitrogens with zero attached hydrogens (tertiary/aromatic N) is 1. The van der Waals surface area contributed by atoms with Crippen molar-refractivity contribution in [2.75, 3.05) is 13.7 Å². The van der Waals surface area contributed by atoms with E-state index >= 15 is 0 Å². The van der Waals surface area contributed by atoms with Crippen LogP contribution in [0.1, 0.15) is 32.9 Å². The Labute approximate surface area is 197 Å². The summed E-state index contributed by atoms with van der Waals surface area (Å²) in [5.74, 6) is 0.154. The molecule has 34 heavy (non-hydrogen) atoms. The molecule has 180 valence electrons. The van der Waals surface area contributed by atoms with E-state index in [1.807, 2.05) is 24.3 Å². The Morgan fingerprint density at radius 2 is 1.71 bits per heavy atom. The minimum absolute atomic E-state index is 0.158. The van der Waals surface area contributed by atoms with Gasteiger partial charge in [-0.1, -0.05) is 24.3 Å². The smallest absolute Gasteiger partial charge is 0.426 e. The molecule has 11 heteroatoms. The van der Waals surface area contributed by atoms with Crippen molar-refractivity contribution < 1.29 is 32.2 Å². The molecule has 2 N–H and O–H groups in total. The number of hydrogen-bond acceptors (Lipinski definition) is 6. The predicted octanol–water partition coefficient (Wildman–Crippen LogP) is 5.15. The summed E-state index contributed by atoms with van der Waals surface area (Å²) in [6, 6.07) is 12.1. The minimum Gasteiger partial charge on any atom is -0.497 e. The normalized spacial score (nSPS) is 11.1. The van der Waals surface area contributed by atoms with Gasteiger partial charge in [0.05, 0.1) is 25.0 Å². The number of ether oxygens (including phenoxy) is 2. The highest BCUT2D eigenvalue weighted by molar-refractivity contribution is 7.17. The van der Waals surface area contributed by atoms with E-state index in [2.05, 4.69) is 15.8 Å². The summed E-state index contributed by atoms with van der Waals surface area (Å²) < 4.78 is 48.3. The van der Waals surface area contributed by atoms with Crippen molar-refractivity contribution in [3.8, 4) is 16.3 Å². The van der Waals surface area contributed by atoms with Crippen LogP contribution in [0.25, 0.3) is 10.6 Å². The number of aryl methyl sites for hydroxylation is 2. The average Bonchev–Trinajstić information content (AvgIpc) is 3.22. The first-order valence-corrected chi connectivity index (χ1v) is 11.0. The molecule has 0 saturated heterocycles. The zero-order chi connectivity index (χ0) is 24.7. The molecule has 7 nitrogen and oxygen atoms in total. The molecule has 3 rings (SSSR count). The molecule has 0 fully saturated rings. The molecule has 0 aliphatic rings. The van der Waals surface area contributed by atoms with E-state index < -0.39 is 23.7 Å². The molecule has 0 spiro atoms. The number of halogens is 3. The molecule has 2 aromatic carbocycles. The van der Waals surface area contributed by atoms with Crippen molar-refractivity contribution in [1.29, 1.82) is 0 Å². The van der Waals surface area contributed by atoms with Crippen LogP contribution < -0.4 is 15.6 Å². The molecular weight excluding hydrogens is 471 g/mol. The highest BCUT2D eigenvalue weighted by atomic mass is 32.1. The maximum absolute atomic E-state index is 12.7. The van der Waals surface area contributed by atoms with Crippen molar-refractivity contribution in [3.63, 3.8) is 0 Å². The summed E-state index contributed by atoms with van der Waals surface area (Å²) in [5.41, 5.74) is 5.55. The van der Waals surface area contributed by atoms with Crippen LogP contribution in [0.5, 0.6) is 5.75 Å². The summed E-state index contributed by atoms with van der Waals surface area (Å²) >= 11 is 1.00. The quantitative estimate of drug-likeness (QED) is 0.351. The second kappa shape index (κ2) is 11.0. The minimum atomic E-state index is -4.43. The van der Waals surface area contributed by atoms with Gasteiger partial charge in [0.25, 0.3) is 5.91 Å². The first-order chi connectivity index (χ1) is 16.2. The number of thiazole rings is 1. The van der Waals surface area contributed by atoms with E-state index in [1.54, 1.807) is 14.0 Å². The molecular formula is C23H22F3N3O4S. The molecule has 0 aliphatic heterocycles. The summed E-state index contributed by atoms with van der Waals surface area (Å²) in [4.78, 5) is 28.7. The third kappa shape index (κ3) is 6.70. The number of carbonyl (C=O) groups is 2. The fraction of sp³-hybridized carbons (Fsp3) is 0.261. The number of methoxy groups -OCH3 is 1. The van der Waals surface area contributed by atoms with Crippen LogP contribution >= 0.6 is 11.3 Å². The van der Waals surface area contributed by atoms with Crippen LogP contribution in [0.3, 0.4) is 0 Å². The van der Waals surface area contributed by atoms with Gasteiger partial charge in [-0.25, -0.2) is 15.2 Å². The number of aromatic nitrogens is 1. The van der Waals surface area contributed by atoms with Crippen LogP contribution in [0.2, 0.25) is 0 Å². The fourth-order valence-corrected chi connectivity index (χ4v) is 3.93. The Balaban J connectivity index is 1.46. The van der Waals surface area contributed by atoms with E-state index in [-0.39, 0.29) is 11.5 Å². The number of alkyl halides is 3. The van der Waals surface area contributed by atoms with Gasteiger partial charge in [-0.3, -0.25) is 10.2 Å². The van der Waals surface area contributed by atoms with Crippen molar-refractivity contribution in [1.82, 2.24) is 15.8 Å². The monoisotopic (exact) mass is 493 g/mol. The van der Waals surface area contributed by atoms with Crippen LogP contribution in [0.4, 0.5) is 18.0 Å². The standard InChI is InChI=1S/C23H22F3N3O4S/c1-14-19(34-21(27-14)16-7-9-17(10-8-16)23(24,25)26)20(30)28-29-22(31)33-13-3-4-15-5-11-18(32-2)12-6-15/h5-12H,3-4,13H2,1-2H3,(H,28,30)(H,29,31). The molecule has 0 bridgehead atoms. The summed E-state index contributed by atoms with van der Waals surface area (Å²) in [6.45, 7) is 1.75. The van der Waals surface area contributed by atoms with Gasteiger partial charge >= 0.3 is 12.3 Å². The molecule has 0 aliphatic carbocycles. The second-order valence-electron chi connectivity index (χ2n) is 7.18. The Bertz CT molecular complexity index is 1130. The van der Waals surface area contributed by atoms with Gasteiger partial charge in [0, 0.05) is 5.56 Å². The molecule has 0 atom stereocenters. The topological polar surface area (TPSA) is 89.5 Å². The van der Waals surface area contributed by atoms with Crippen LogP contribution in [0.15, 0.2) is 48.5 Å². The van der Waals surface area contributed by atoms with Crippen LogP contribution in [0, 0.1) is 6.92 Å². The second-order valence-corrected chi connectivity index (χ2v) is 8.17. The summed E-state index contributed by atoms with van der Waals surface area (Å²) in [7, 11) is 1.59. The van der Waals surface area contributed by atoms with Crippen molar-refractivity contribution >= 4 is 23.3 Å². The van der Waals surface area contributed by atoms with E-state index in [0.29, 0.717) is 29.1 Å². The highest BCUT2D eigenvalue weighted by Crippen LogP contribution is 2.32. The largest absolute Gasteiger partial charge is 0.497 e. The van der Waals surface area contributed by atoms with Gasteiger partial charge in [0.1, 0.15) is 15.6 Å². The lowest BCUT2D eigenvalue weighted by Gasteiger charge is -2.08. The Morgan fingerprint density at radius 3 is 2.32 bits per heavy atom. The third-order valence-electron chi connectivity index (χ3n) is 4.74. The number of benzene rings is 2. The van der Waals surface area contributed by atoms with Gasteiger partial charge in [-0.15, -0.1) is 11.3 Å². The Kier molecular flexibility index (Phi) is 8.11. The van der Waals surface area contributed by atoms with Gasteiger partial charge in [0.2, 0.25) is 0 Å². The van der Waals surface area contributed by atoms with Gasteiger partial charge in [-0.2, -0.15) is 13.2 Å². The Hall–Kier alpha value is -3.60. The lowest BCUT2D eigenvalue weighted by Crippen LogP contribution is -2.42. The lowest BCUT2D eigenvalue weighted by atomic mass is 10.1. The number of hydrogen-bond donors (Lipinski definition) is 2. The molecule has 0 saturated carbocycles. The van der Waals surface area contributed by atoms with E-state index in [9.17, 15) is 22.8 Å². The molecule has 3 aromatic rings. The molecule has 1 heterocycles. The maximum atomic E-state index is 12.7. The number of carbonyl (C=O) groups excluding carboxylic acids is 2.